The lowest BCUT2D eigenvalue weighted by Crippen LogP contribution is -2.35. The van der Waals surface area contributed by atoms with Gasteiger partial charge in [-0.1, -0.05) is 6.07 Å². The van der Waals surface area contributed by atoms with Gasteiger partial charge in [0.05, 0.1) is 25.5 Å². The van der Waals surface area contributed by atoms with Gasteiger partial charge in [-0.05, 0) is 95.6 Å². The second-order valence-corrected chi connectivity index (χ2v) is 10.2. The number of nitrogens with zero attached hydrogens (tertiary/aromatic N) is 6. The second-order valence-electron chi connectivity index (χ2n) is 10.2. The molecule has 1 aliphatic rings. The van der Waals surface area contributed by atoms with Crippen LogP contribution in [0.4, 0.5) is 0 Å². The van der Waals surface area contributed by atoms with E-state index in [-0.39, 0.29) is 11.7 Å². The average Bonchev–Trinajstić information content (AvgIpc) is 3.71. The summed E-state index contributed by atoms with van der Waals surface area (Å²) in [6.07, 6.45) is 7.23. The largest absolute Gasteiger partial charge is 0.468 e. The van der Waals surface area contributed by atoms with Gasteiger partial charge in [0.1, 0.15) is 11.8 Å². The maximum atomic E-state index is 13.8. The zero-order valence-corrected chi connectivity index (χ0v) is 22.1. The summed E-state index contributed by atoms with van der Waals surface area (Å²) in [6, 6.07) is 13.2. The van der Waals surface area contributed by atoms with Gasteiger partial charge in [0.25, 0.3) is 5.56 Å². The van der Waals surface area contributed by atoms with Crippen molar-refractivity contribution in [2.45, 2.75) is 58.5 Å². The van der Waals surface area contributed by atoms with E-state index < -0.39 is 6.04 Å². The van der Waals surface area contributed by atoms with Crippen LogP contribution in [0.3, 0.4) is 0 Å². The first-order chi connectivity index (χ1) is 19.0. The fraction of sp³-hybridized carbons (Fsp3) is 0.345. The van der Waals surface area contributed by atoms with Crippen LogP contribution in [-0.4, -0.2) is 47.8 Å². The highest BCUT2D eigenvalue weighted by molar-refractivity contribution is 5.81. The van der Waals surface area contributed by atoms with Crippen molar-refractivity contribution in [1.82, 2.24) is 35.1 Å². The summed E-state index contributed by atoms with van der Waals surface area (Å²) >= 11 is 0. The van der Waals surface area contributed by atoms with Gasteiger partial charge < -0.3 is 14.1 Å². The SMILES string of the molecule is Cc1cc2cc([C@H](c3nnnn3C[C@@H]3CCCO3)N(Cc3cccnc3)Cc3ccco3)c(=O)[nH]c2cc1C. The topological polar surface area (TPSA) is 115 Å². The summed E-state index contributed by atoms with van der Waals surface area (Å²) in [5.41, 5.74) is 4.45. The monoisotopic (exact) mass is 525 g/mol. The van der Waals surface area contributed by atoms with E-state index in [2.05, 4.69) is 43.4 Å². The zero-order valence-electron chi connectivity index (χ0n) is 22.1. The molecule has 1 fully saturated rings. The number of hydrogen-bond acceptors (Lipinski definition) is 8. The van der Waals surface area contributed by atoms with Crippen molar-refractivity contribution in [3.63, 3.8) is 0 Å². The van der Waals surface area contributed by atoms with Gasteiger partial charge in [0.2, 0.25) is 0 Å². The molecule has 0 aliphatic carbocycles. The molecule has 1 saturated heterocycles. The Balaban J connectivity index is 1.51. The van der Waals surface area contributed by atoms with Crippen LogP contribution in [0.2, 0.25) is 0 Å². The van der Waals surface area contributed by atoms with Gasteiger partial charge in [-0.3, -0.25) is 14.7 Å². The quantitative estimate of drug-likeness (QED) is 0.306. The number of H-pyrrole nitrogens is 1. The smallest absolute Gasteiger partial charge is 0.253 e. The highest BCUT2D eigenvalue weighted by Gasteiger charge is 2.32. The lowest BCUT2D eigenvalue weighted by Gasteiger charge is -2.30. The molecule has 39 heavy (non-hydrogen) atoms. The number of hydrogen-bond donors (Lipinski definition) is 1. The second kappa shape index (κ2) is 10.9. The van der Waals surface area contributed by atoms with Crippen molar-refractivity contribution in [2.24, 2.45) is 0 Å². The first kappa shape index (κ1) is 25.1. The van der Waals surface area contributed by atoms with Gasteiger partial charge in [0.15, 0.2) is 5.82 Å². The van der Waals surface area contributed by atoms with Gasteiger partial charge >= 0.3 is 0 Å². The van der Waals surface area contributed by atoms with Crippen LogP contribution in [0.25, 0.3) is 10.9 Å². The Morgan fingerprint density at radius 1 is 1.15 bits per heavy atom. The molecule has 0 bridgehead atoms. The number of rotatable bonds is 9. The van der Waals surface area contributed by atoms with Gasteiger partial charge in [-0.15, -0.1) is 5.10 Å². The Morgan fingerprint density at radius 3 is 2.82 bits per heavy atom. The van der Waals surface area contributed by atoms with Crippen LogP contribution >= 0.6 is 0 Å². The van der Waals surface area contributed by atoms with Crippen LogP contribution in [0.1, 0.15) is 52.7 Å². The molecule has 4 aromatic heterocycles. The van der Waals surface area contributed by atoms with Crippen molar-refractivity contribution in [3.8, 4) is 0 Å². The van der Waals surface area contributed by atoms with E-state index >= 15 is 0 Å². The minimum atomic E-state index is -0.568. The lowest BCUT2D eigenvalue weighted by atomic mass is 10.00. The number of ether oxygens (including phenoxy) is 1. The number of fused-ring (bicyclic) bond motifs is 1. The van der Waals surface area contributed by atoms with E-state index in [1.54, 1.807) is 17.1 Å². The van der Waals surface area contributed by atoms with Gasteiger partial charge in [-0.2, -0.15) is 0 Å². The summed E-state index contributed by atoms with van der Waals surface area (Å²) in [4.78, 5) is 23.3. The number of benzene rings is 1. The zero-order chi connectivity index (χ0) is 26.8. The fourth-order valence-electron chi connectivity index (χ4n) is 5.28. The molecule has 0 unspecified atom stereocenters. The number of aromatic nitrogens is 6. The number of aryl methyl sites for hydroxylation is 2. The Labute approximate surface area is 225 Å². The van der Waals surface area contributed by atoms with E-state index in [1.807, 2.05) is 49.5 Å². The predicted octanol–water partition coefficient (Wildman–Crippen LogP) is 4.09. The van der Waals surface area contributed by atoms with Crippen LogP contribution in [0.15, 0.2) is 70.3 Å². The third-order valence-corrected chi connectivity index (χ3v) is 7.40. The molecular weight excluding hydrogens is 494 g/mol. The molecule has 0 amide bonds. The van der Waals surface area contributed by atoms with E-state index in [0.29, 0.717) is 31.0 Å². The summed E-state index contributed by atoms with van der Waals surface area (Å²) < 4.78 is 13.4. The first-order valence-electron chi connectivity index (χ1n) is 13.2. The average molecular weight is 526 g/mol. The van der Waals surface area contributed by atoms with E-state index in [4.69, 9.17) is 9.15 Å². The molecular formula is C29H31N7O3. The van der Waals surface area contributed by atoms with Crippen molar-refractivity contribution in [3.05, 3.63) is 105 Å². The minimum absolute atomic E-state index is 0.0326. The maximum absolute atomic E-state index is 13.8. The highest BCUT2D eigenvalue weighted by atomic mass is 16.5. The molecule has 1 N–H and O–H groups in total. The van der Waals surface area contributed by atoms with E-state index in [0.717, 1.165) is 52.8 Å². The number of nitrogens with one attached hydrogen (secondary N) is 1. The Morgan fingerprint density at radius 2 is 2.05 bits per heavy atom. The molecule has 1 aromatic carbocycles. The highest BCUT2D eigenvalue weighted by Crippen LogP contribution is 2.31. The number of aromatic amines is 1. The van der Waals surface area contributed by atoms with Crippen LogP contribution in [-0.2, 0) is 24.4 Å². The lowest BCUT2D eigenvalue weighted by molar-refractivity contribution is 0.0901. The first-order valence-corrected chi connectivity index (χ1v) is 13.2. The molecule has 5 aromatic rings. The number of tetrazole rings is 1. The predicted molar refractivity (Wildman–Crippen MR) is 145 cm³/mol. The molecule has 200 valence electrons. The summed E-state index contributed by atoms with van der Waals surface area (Å²) in [6.45, 7) is 6.30. The fourth-order valence-corrected chi connectivity index (χ4v) is 5.28. The third-order valence-electron chi connectivity index (χ3n) is 7.40. The summed E-state index contributed by atoms with van der Waals surface area (Å²) in [5.74, 6) is 1.35. The molecule has 1 aliphatic heterocycles. The van der Waals surface area contributed by atoms with Crippen molar-refractivity contribution in [1.29, 1.82) is 0 Å². The Bertz CT molecular complexity index is 1610. The number of pyridine rings is 2. The Hall–Kier alpha value is -4.15. The van der Waals surface area contributed by atoms with E-state index in [1.165, 1.54) is 0 Å². The van der Waals surface area contributed by atoms with Gasteiger partial charge in [-0.25, -0.2) is 4.68 Å². The third kappa shape index (κ3) is 5.39. The molecule has 5 heterocycles. The summed E-state index contributed by atoms with van der Waals surface area (Å²) in [7, 11) is 0. The molecule has 6 rings (SSSR count). The van der Waals surface area contributed by atoms with Gasteiger partial charge in [0, 0.05) is 36.6 Å². The van der Waals surface area contributed by atoms with Crippen LogP contribution in [0, 0.1) is 13.8 Å². The number of furan rings is 1. The molecule has 10 heteroatoms. The van der Waals surface area contributed by atoms with Crippen molar-refractivity contribution in [2.75, 3.05) is 6.61 Å². The minimum Gasteiger partial charge on any atom is -0.468 e. The molecule has 0 saturated carbocycles. The summed E-state index contributed by atoms with van der Waals surface area (Å²) in [5, 5.41) is 13.8. The Kier molecular flexibility index (Phi) is 7.04. The molecule has 10 nitrogen and oxygen atoms in total. The molecule has 0 spiro atoms. The van der Waals surface area contributed by atoms with Crippen LogP contribution in [0.5, 0.6) is 0 Å². The standard InChI is InChI=1S/C29H31N7O3/c1-19-12-22-14-25(29(37)31-26(22)13-20(19)2)27(28-32-33-34-36(28)18-24-8-5-11-39-24)35(17-23-7-4-10-38-23)16-21-6-3-9-30-15-21/h3-4,6-7,9-10,12-15,24,27H,5,8,11,16-18H2,1-2H3,(H,31,37)/t24-,27+/m0/s1. The maximum Gasteiger partial charge on any atom is 0.253 e. The van der Waals surface area contributed by atoms with Crippen molar-refractivity contribution >= 4 is 10.9 Å². The normalized spacial score (nSPS) is 16.3. The van der Waals surface area contributed by atoms with Crippen molar-refractivity contribution < 1.29 is 9.15 Å². The molecule has 0 radical (unpaired) electrons. The molecule has 2 atom stereocenters. The van der Waals surface area contributed by atoms with E-state index in [9.17, 15) is 4.79 Å². The van der Waals surface area contributed by atoms with Crippen LogP contribution < -0.4 is 5.56 Å².